The Kier molecular flexibility index (Phi) is 6.12. The van der Waals surface area contributed by atoms with E-state index < -0.39 is 23.2 Å². The van der Waals surface area contributed by atoms with Crippen LogP contribution in [0.3, 0.4) is 0 Å². The average molecular weight is 395 g/mol. The highest BCUT2D eigenvalue weighted by Crippen LogP contribution is 2.32. The lowest BCUT2D eigenvalue weighted by Crippen LogP contribution is -2.26. The van der Waals surface area contributed by atoms with E-state index in [9.17, 15) is 14.4 Å². The van der Waals surface area contributed by atoms with Crippen LogP contribution >= 0.6 is 23.2 Å². The number of benzene rings is 2. The number of hydrogen-bond acceptors (Lipinski definition) is 4. The maximum atomic E-state index is 13.3. The molecule has 0 saturated carbocycles. The number of halogens is 3. The minimum absolute atomic E-state index is 0.0721. The molecule has 0 aromatic heterocycles. The standard InChI is InChI=1S/C19H17Cl2FN2O2/c1-19(2,3)18(25)26-17-7-4-11(20)8-13(17)16(10-23)24-12-5-6-15(22)14(21)9-12/h4-9,16,24H,1-3H3. The number of carbonyl (C=O) groups excluding carboxylic acids is 1. The van der Waals surface area contributed by atoms with Crippen LogP contribution in [0.15, 0.2) is 36.4 Å². The average Bonchev–Trinajstić information content (AvgIpc) is 2.56. The molecular formula is C19H17Cl2FN2O2. The predicted octanol–water partition coefficient (Wildman–Crippen LogP) is 5.76. The van der Waals surface area contributed by atoms with Crippen molar-refractivity contribution in [1.29, 1.82) is 5.26 Å². The number of esters is 1. The summed E-state index contributed by atoms with van der Waals surface area (Å²) in [5.74, 6) is -0.780. The highest BCUT2D eigenvalue weighted by atomic mass is 35.5. The third-order valence-corrected chi connectivity index (χ3v) is 3.98. The first-order chi connectivity index (χ1) is 12.1. The van der Waals surface area contributed by atoms with Crippen LogP contribution in [-0.4, -0.2) is 5.97 Å². The maximum Gasteiger partial charge on any atom is 0.316 e. The molecule has 26 heavy (non-hydrogen) atoms. The molecular weight excluding hydrogens is 378 g/mol. The zero-order chi connectivity index (χ0) is 19.5. The van der Waals surface area contributed by atoms with Gasteiger partial charge in [-0.25, -0.2) is 4.39 Å². The molecule has 1 unspecified atom stereocenters. The van der Waals surface area contributed by atoms with Gasteiger partial charge in [0.05, 0.1) is 16.5 Å². The third kappa shape index (κ3) is 4.87. The Balaban J connectivity index is 2.37. The van der Waals surface area contributed by atoms with Gasteiger partial charge in [-0.1, -0.05) is 23.2 Å². The highest BCUT2D eigenvalue weighted by Gasteiger charge is 2.26. The minimum Gasteiger partial charge on any atom is -0.426 e. The van der Waals surface area contributed by atoms with E-state index in [1.54, 1.807) is 32.9 Å². The molecule has 0 heterocycles. The second-order valence-electron chi connectivity index (χ2n) is 6.66. The Labute approximate surface area is 161 Å². The molecule has 0 spiro atoms. The zero-order valence-electron chi connectivity index (χ0n) is 14.4. The molecule has 2 rings (SSSR count). The van der Waals surface area contributed by atoms with Gasteiger partial charge in [-0.2, -0.15) is 5.26 Å². The molecule has 7 heteroatoms. The normalized spacial score (nSPS) is 12.2. The quantitative estimate of drug-likeness (QED) is 0.528. The molecule has 0 bridgehead atoms. The molecule has 0 amide bonds. The lowest BCUT2D eigenvalue weighted by molar-refractivity contribution is -0.143. The predicted molar refractivity (Wildman–Crippen MR) is 99.9 cm³/mol. The number of rotatable bonds is 4. The summed E-state index contributed by atoms with van der Waals surface area (Å²) in [6, 6.07) is 9.85. The van der Waals surface area contributed by atoms with Gasteiger partial charge in [0.25, 0.3) is 0 Å². The number of hydrogen-bond donors (Lipinski definition) is 1. The third-order valence-electron chi connectivity index (χ3n) is 3.46. The summed E-state index contributed by atoms with van der Waals surface area (Å²) in [6.07, 6.45) is 0. The van der Waals surface area contributed by atoms with E-state index in [1.165, 1.54) is 24.3 Å². The van der Waals surface area contributed by atoms with Crippen molar-refractivity contribution in [3.05, 3.63) is 57.8 Å². The van der Waals surface area contributed by atoms with E-state index in [0.29, 0.717) is 16.3 Å². The van der Waals surface area contributed by atoms with Crippen molar-refractivity contribution in [1.82, 2.24) is 0 Å². The fraction of sp³-hybridized carbons (Fsp3) is 0.263. The van der Waals surface area contributed by atoms with Crippen molar-refractivity contribution in [3.63, 3.8) is 0 Å². The first-order valence-corrected chi connectivity index (χ1v) is 8.50. The van der Waals surface area contributed by atoms with E-state index in [0.717, 1.165) is 0 Å². The fourth-order valence-electron chi connectivity index (χ4n) is 2.02. The lowest BCUT2D eigenvalue weighted by atomic mass is 9.97. The summed E-state index contributed by atoms with van der Waals surface area (Å²) < 4.78 is 18.8. The van der Waals surface area contributed by atoms with Crippen LogP contribution < -0.4 is 10.1 Å². The monoisotopic (exact) mass is 394 g/mol. The van der Waals surface area contributed by atoms with Crippen molar-refractivity contribution < 1.29 is 13.9 Å². The molecule has 0 aliphatic heterocycles. The van der Waals surface area contributed by atoms with Gasteiger partial charge < -0.3 is 10.1 Å². The van der Waals surface area contributed by atoms with E-state index in [1.807, 2.05) is 0 Å². The molecule has 0 radical (unpaired) electrons. The number of nitrogens with zero attached hydrogens (tertiary/aromatic N) is 1. The van der Waals surface area contributed by atoms with Gasteiger partial charge in [0.15, 0.2) is 0 Å². The zero-order valence-corrected chi connectivity index (χ0v) is 16.0. The van der Waals surface area contributed by atoms with Crippen LogP contribution in [-0.2, 0) is 4.79 Å². The summed E-state index contributed by atoms with van der Waals surface area (Å²) >= 11 is 11.8. The van der Waals surface area contributed by atoms with Gasteiger partial charge in [0.2, 0.25) is 0 Å². The van der Waals surface area contributed by atoms with Gasteiger partial charge in [0, 0.05) is 16.3 Å². The van der Waals surface area contributed by atoms with Crippen molar-refractivity contribution in [2.45, 2.75) is 26.8 Å². The molecule has 0 saturated heterocycles. The fourth-order valence-corrected chi connectivity index (χ4v) is 2.38. The van der Waals surface area contributed by atoms with Crippen molar-refractivity contribution in [2.75, 3.05) is 5.32 Å². The van der Waals surface area contributed by atoms with Crippen LogP contribution in [0.1, 0.15) is 32.4 Å². The molecule has 4 nitrogen and oxygen atoms in total. The van der Waals surface area contributed by atoms with E-state index in [2.05, 4.69) is 11.4 Å². The minimum atomic E-state index is -0.891. The van der Waals surface area contributed by atoms with Crippen LogP contribution in [0.5, 0.6) is 5.75 Å². The number of nitriles is 1. The van der Waals surface area contributed by atoms with Crippen molar-refractivity contribution in [3.8, 4) is 11.8 Å². The lowest BCUT2D eigenvalue weighted by Gasteiger charge is -2.21. The highest BCUT2D eigenvalue weighted by molar-refractivity contribution is 6.31. The molecule has 2 aromatic carbocycles. The molecule has 0 aliphatic carbocycles. The molecule has 0 aliphatic rings. The van der Waals surface area contributed by atoms with Crippen LogP contribution in [0.2, 0.25) is 10.0 Å². The van der Waals surface area contributed by atoms with Gasteiger partial charge in [-0.05, 0) is 57.2 Å². The number of nitrogens with one attached hydrogen (secondary N) is 1. The Morgan fingerprint density at radius 2 is 1.92 bits per heavy atom. The topological polar surface area (TPSA) is 62.1 Å². The van der Waals surface area contributed by atoms with Crippen molar-refractivity contribution >= 4 is 34.9 Å². The second-order valence-corrected chi connectivity index (χ2v) is 7.50. The summed E-state index contributed by atoms with van der Waals surface area (Å²) in [4.78, 5) is 12.2. The van der Waals surface area contributed by atoms with Gasteiger partial charge in [0.1, 0.15) is 17.6 Å². The van der Waals surface area contributed by atoms with E-state index in [-0.39, 0.29) is 10.8 Å². The van der Waals surface area contributed by atoms with Crippen LogP contribution in [0, 0.1) is 22.6 Å². The number of anilines is 1. The Morgan fingerprint density at radius 3 is 2.50 bits per heavy atom. The first-order valence-electron chi connectivity index (χ1n) is 7.75. The molecule has 136 valence electrons. The first kappa shape index (κ1) is 20.0. The SMILES string of the molecule is CC(C)(C)C(=O)Oc1ccc(Cl)cc1C(C#N)Nc1ccc(F)c(Cl)c1. The molecule has 1 N–H and O–H groups in total. The largest absolute Gasteiger partial charge is 0.426 e. The summed E-state index contributed by atoms with van der Waals surface area (Å²) in [6.45, 7) is 5.18. The summed E-state index contributed by atoms with van der Waals surface area (Å²) in [5, 5.41) is 12.8. The van der Waals surface area contributed by atoms with E-state index >= 15 is 0 Å². The van der Waals surface area contributed by atoms with Crippen molar-refractivity contribution in [2.24, 2.45) is 5.41 Å². The summed E-state index contributed by atoms with van der Waals surface area (Å²) in [5.41, 5.74) is 0.116. The number of carbonyl (C=O) groups is 1. The van der Waals surface area contributed by atoms with Gasteiger partial charge in [-0.15, -0.1) is 0 Å². The number of ether oxygens (including phenoxy) is 1. The van der Waals surface area contributed by atoms with Crippen LogP contribution in [0.4, 0.5) is 10.1 Å². The second kappa shape index (κ2) is 7.94. The Bertz CT molecular complexity index is 873. The Morgan fingerprint density at radius 1 is 1.23 bits per heavy atom. The maximum absolute atomic E-state index is 13.3. The smallest absolute Gasteiger partial charge is 0.316 e. The van der Waals surface area contributed by atoms with Gasteiger partial charge >= 0.3 is 5.97 Å². The van der Waals surface area contributed by atoms with E-state index in [4.69, 9.17) is 27.9 Å². The van der Waals surface area contributed by atoms with Gasteiger partial charge in [-0.3, -0.25) is 4.79 Å². The molecule has 2 aromatic rings. The Hall–Kier alpha value is -2.29. The van der Waals surface area contributed by atoms with Crippen LogP contribution in [0.25, 0.3) is 0 Å². The molecule has 0 fully saturated rings. The molecule has 1 atom stereocenters. The summed E-state index contributed by atoms with van der Waals surface area (Å²) in [7, 11) is 0.